The van der Waals surface area contributed by atoms with Crippen LogP contribution in [-0.2, 0) is 17.9 Å². The molecular weight excluding hydrogens is 364 g/mol. The van der Waals surface area contributed by atoms with E-state index >= 15 is 0 Å². The first-order valence-corrected chi connectivity index (χ1v) is 9.91. The van der Waals surface area contributed by atoms with Gasteiger partial charge in [0.1, 0.15) is 6.54 Å². The van der Waals surface area contributed by atoms with Crippen LogP contribution in [0.3, 0.4) is 0 Å². The highest BCUT2D eigenvalue weighted by Gasteiger charge is 2.20. The van der Waals surface area contributed by atoms with Crippen LogP contribution < -0.4 is 16.6 Å². The van der Waals surface area contributed by atoms with Crippen LogP contribution in [-0.4, -0.2) is 26.1 Å². The van der Waals surface area contributed by atoms with E-state index in [1.54, 1.807) is 12.1 Å². The molecule has 3 aromatic rings. The number of thiophene rings is 1. The molecule has 1 aliphatic carbocycles. The Morgan fingerprint density at radius 2 is 2.00 bits per heavy atom. The molecule has 7 nitrogen and oxygen atoms in total. The van der Waals surface area contributed by atoms with Gasteiger partial charge < -0.3 is 5.32 Å². The zero-order chi connectivity index (χ0) is 18.8. The Bertz CT molecular complexity index is 1080. The van der Waals surface area contributed by atoms with E-state index in [1.165, 1.54) is 22.1 Å². The average Bonchev–Trinajstić information content (AvgIpc) is 3.36. The summed E-state index contributed by atoms with van der Waals surface area (Å²) >= 11 is 1.47. The maximum absolute atomic E-state index is 13.0. The fraction of sp³-hybridized carbons (Fsp3) is 0.368. The van der Waals surface area contributed by atoms with E-state index in [9.17, 15) is 14.4 Å². The van der Waals surface area contributed by atoms with E-state index in [2.05, 4.69) is 10.3 Å². The van der Waals surface area contributed by atoms with Gasteiger partial charge in [0.2, 0.25) is 5.91 Å². The van der Waals surface area contributed by atoms with Crippen molar-refractivity contribution in [2.24, 2.45) is 0 Å². The SMILES string of the molecule is O=C(Cn1c(=O)n(Cc2cccs2)c(=O)c2ncccc21)NC1CCCC1. The fourth-order valence-corrected chi connectivity index (χ4v) is 4.27. The highest BCUT2D eigenvalue weighted by Crippen LogP contribution is 2.17. The summed E-state index contributed by atoms with van der Waals surface area (Å²) in [5.41, 5.74) is -0.342. The molecule has 0 spiro atoms. The minimum Gasteiger partial charge on any atom is -0.352 e. The molecule has 0 saturated heterocycles. The highest BCUT2D eigenvalue weighted by molar-refractivity contribution is 7.09. The normalized spacial score (nSPS) is 14.7. The average molecular weight is 384 g/mol. The van der Waals surface area contributed by atoms with Crippen molar-refractivity contribution < 1.29 is 4.79 Å². The number of nitrogens with zero attached hydrogens (tertiary/aromatic N) is 3. The Morgan fingerprint density at radius 1 is 1.19 bits per heavy atom. The van der Waals surface area contributed by atoms with Crippen molar-refractivity contribution in [3.8, 4) is 0 Å². The molecule has 1 N–H and O–H groups in total. The Kier molecular flexibility index (Phi) is 4.89. The van der Waals surface area contributed by atoms with Gasteiger partial charge in [-0.05, 0) is 36.4 Å². The Labute approximate surface area is 159 Å². The zero-order valence-corrected chi connectivity index (χ0v) is 15.6. The van der Waals surface area contributed by atoms with Gasteiger partial charge in [-0.2, -0.15) is 0 Å². The molecule has 0 unspecified atom stereocenters. The number of carbonyl (C=O) groups excluding carboxylic acids is 1. The smallest absolute Gasteiger partial charge is 0.332 e. The second kappa shape index (κ2) is 7.48. The second-order valence-corrected chi connectivity index (χ2v) is 7.79. The van der Waals surface area contributed by atoms with Crippen molar-refractivity contribution in [3.63, 3.8) is 0 Å². The predicted molar refractivity (Wildman–Crippen MR) is 104 cm³/mol. The highest BCUT2D eigenvalue weighted by atomic mass is 32.1. The molecule has 1 saturated carbocycles. The summed E-state index contributed by atoms with van der Waals surface area (Å²) in [7, 11) is 0. The van der Waals surface area contributed by atoms with Crippen LogP contribution >= 0.6 is 11.3 Å². The summed E-state index contributed by atoms with van der Waals surface area (Å²) in [5, 5.41) is 4.89. The molecule has 1 fully saturated rings. The van der Waals surface area contributed by atoms with Crippen LogP contribution in [0.4, 0.5) is 0 Å². The van der Waals surface area contributed by atoms with Crippen molar-refractivity contribution in [2.45, 2.75) is 44.8 Å². The van der Waals surface area contributed by atoms with E-state index in [-0.39, 0.29) is 30.6 Å². The van der Waals surface area contributed by atoms with Crippen LogP contribution in [0.25, 0.3) is 11.0 Å². The summed E-state index contributed by atoms with van der Waals surface area (Å²) < 4.78 is 2.51. The van der Waals surface area contributed by atoms with Gasteiger partial charge in [0, 0.05) is 17.1 Å². The van der Waals surface area contributed by atoms with Crippen molar-refractivity contribution in [1.82, 2.24) is 19.4 Å². The number of amides is 1. The van der Waals surface area contributed by atoms with Gasteiger partial charge in [-0.15, -0.1) is 11.3 Å². The summed E-state index contributed by atoms with van der Waals surface area (Å²) in [6.45, 7) is 0.0499. The van der Waals surface area contributed by atoms with Crippen molar-refractivity contribution in [2.75, 3.05) is 0 Å². The number of pyridine rings is 1. The summed E-state index contributed by atoms with van der Waals surface area (Å²) in [6.07, 6.45) is 5.70. The number of hydrogen-bond acceptors (Lipinski definition) is 5. The minimum atomic E-state index is -0.490. The third kappa shape index (κ3) is 3.57. The monoisotopic (exact) mass is 384 g/mol. The van der Waals surface area contributed by atoms with Crippen molar-refractivity contribution >= 4 is 28.3 Å². The molecule has 140 valence electrons. The lowest BCUT2D eigenvalue weighted by molar-refractivity contribution is -0.122. The molecule has 0 aliphatic heterocycles. The van der Waals surface area contributed by atoms with Gasteiger partial charge in [-0.1, -0.05) is 18.9 Å². The lowest BCUT2D eigenvalue weighted by Gasteiger charge is -2.15. The molecule has 3 heterocycles. The first kappa shape index (κ1) is 17.7. The van der Waals surface area contributed by atoms with E-state index in [0.29, 0.717) is 5.52 Å². The van der Waals surface area contributed by atoms with Gasteiger partial charge in [0.05, 0.1) is 12.1 Å². The number of rotatable bonds is 5. The molecule has 4 rings (SSSR count). The Morgan fingerprint density at radius 3 is 2.74 bits per heavy atom. The van der Waals surface area contributed by atoms with Crippen LogP contribution in [0.1, 0.15) is 30.6 Å². The molecule has 3 aromatic heterocycles. The third-order valence-corrected chi connectivity index (χ3v) is 5.76. The number of aromatic nitrogens is 3. The lowest BCUT2D eigenvalue weighted by Crippen LogP contribution is -2.44. The molecule has 0 aromatic carbocycles. The van der Waals surface area contributed by atoms with Gasteiger partial charge >= 0.3 is 5.69 Å². The molecule has 0 bridgehead atoms. The molecular formula is C19H20N4O3S. The standard InChI is InChI=1S/C19H20N4O3S/c24-16(21-13-5-1-2-6-13)12-22-15-8-3-9-20-17(15)18(25)23(19(22)26)11-14-7-4-10-27-14/h3-4,7-10,13H,1-2,5-6,11-12H2,(H,21,24). The molecule has 8 heteroatoms. The van der Waals surface area contributed by atoms with Gasteiger partial charge in [-0.25, -0.2) is 9.78 Å². The molecule has 27 heavy (non-hydrogen) atoms. The first-order valence-electron chi connectivity index (χ1n) is 9.03. The van der Waals surface area contributed by atoms with E-state index in [0.717, 1.165) is 35.1 Å². The predicted octanol–water partition coefficient (Wildman–Crippen LogP) is 1.73. The molecule has 1 amide bonds. The van der Waals surface area contributed by atoms with Crippen LogP contribution in [0, 0.1) is 0 Å². The summed E-state index contributed by atoms with van der Waals surface area (Å²) in [6, 6.07) is 7.24. The van der Waals surface area contributed by atoms with Crippen LogP contribution in [0.15, 0.2) is 45.4 Å². The molecule has 0 radical (unpaired) electrons. The quantitative estimate of drug-likeness (QED) is 0.726. The van der Waals surface area contributed by atoms with Crippen molar-refractivity contribution in [3.05, 3.63) is 61.6 Å². The van der Waals surface area contributed by atoms with Crippen molar-refractivity contribution in [1.29, 1.82) is 0 Å². The molecule has 0 atom stereocenters. The lowest BCUT2D eigenvalue weighted by atomic mass is 10.2. The maximum Gasteiger partial charge on any atom is 0.332 e. The third-order valence-electron chi connectivity index (χ3n) is 4.90. The topological polar surface area (TPSA) is 86.0 Å². The van der Waals surface area contributed by atoms with E-state index < -0.39 is 11.2 Å². The fourth-order valence-electron chi connectivity index (χ4n) is 3.58. The second-order valence-electron chi connectivity index (χ2n) is 6.76. The van der Waals surface area contributed by atoms with E-state index in [1.807, 2.05) is 17.5 Å². The van der Waals surface area contributed by atoms with Gasteiger partial charge in [0.15, 0.2) is 5.52 Å². The van der Waals surface area contributed by atoms with Gasteiger partial charge in [0.25, 0.3) is 5.56 Å². The summed E-state index contributed by atoms with van der Waals surface area (Å²) in [5.74, 6) is -0.213. The first-order chi connectivity index (χ1) is 13.1. The van der Waals surface area contributed by atoms with Crippen LogP contribution in [0.2, 0.25) is 0 Å². The largest absolute Gasteiger partial charge is 0.352 e. The minimum absolute atomic E-state index is 0.123. The number of nitrogens with one attached hydrogen (secondary N) is 1. The number of carbonyl (C=O) groups is 1. The van der Waals surface area contributed by atoms with Crippen LogP contribution in [0.5, 0.6) is 0 Å². The molecule has 1 aliphatic rings. The van der Waals surface area contributed by atoms with E-state index in [4.69, 9.17) is 0 Å². The Hall–Kier alpha value is -2.74. The summed E-state index contributed by atoms with van der Waals surface area (Å²) in [4.78, 5) is 43.4. The number of hydrogen-bond donors (Lipinski definition) is 1. The zero-order valence-electron chi connectivity index (χ0n) is 14.8. The number of fused-ring (bicyclic) bond motifs is 1. The maximum atomic E-state index is 13.0. The van der Waals surface area contributed by atoms with Gasteiger partial charge in [-0.3, -0.25) is 18.7 Å². The Balaban J connectivity index is 1.75.